The summed E-state index contributed by atoms with van der Waals surface area (Å²) in [6.07, 6.45) is -4.64. The van der Waals surface area contributed by atoms with E-state index in [-0.39, 0.29) is 12.1 Å². The van der Waals surface area contributed by atoms with E-state index < -0.39 is 23.5 Å². The van der Waals surface area contributed by atoms with Crippen molar-refractivity contribution in [2.24, 2.45) is 5.73 Å². The van der Waals surface area contributed by atoms with E-state index in [2.05, 4.69) is 0 Å². The second-order valence-corrected chi connectivity index (χ2v) is 6.51. The molecule has 142 valence electrons. The van der Waals surface area contributed by atoms with E-state index in [1.165, 1.54) is 0 Å². The summed E-state index contributed by atoms with van der Waals surface area (Å²) in [6, 6.07) is 14.7. The van der Waals surface area contributed by atoms with Gasteiger partial charge in [0.25, 0.3) is 0 Å². The normalized spacial score (nSPS) is 12.0. The Morgan fingerprint density at radius 2 is 1.68 bits per heavy atom. The molecule has 0 bridgehead atoms. The molecule has 7 heteroatoms. The summed E-state index contributed by atoms with van der Waals surface area (Å²) in [5, 5.41) is 1.37. The number of fused-ring (bicyclic) bond motifs is 3. The number of benzene rings is 3. The molecule has 1 aromatic heterocycles. The van der Waals surface area contributed by atoms with Crippen LogP contribution in [0, 0.1) is 5.82 Å². The summed E-state index contributed by atoms with van der Waals surface area (Å²) in [5.41, 5.74) is 6.29. The number of hydrogen-bond donors (Lipinski definition) is 1. The van der Waals surface area contributed by atoms with Gasteiger partial charge in [0.2, 0.25) is 5.91 Å². The van der Waals surface area contributed by atoms with E-state index in [9.17, 15) is 22.4 Å². The average molecular weight is 386 g/mol. The van der Waals surface area contributed by atoms with Gasteiger partial charge in [0, 0.05) is 28.4 Å². The molecule has 0 spiro atoms. The van der Waals surface area contributed by atoms with Crippen LogP contribution in [0.15, 0.2) is 60.7 Å². The first-order valence-corrected chi connectivity index (χ1v) is 8.42. The molecule has 4 rings (SSSR count). The van der Waals surface area contributed by atoms with E-state index >= 15 is 0 Å². The highest BCUT2D eigenvalue weighted by atomic mass is 19.4. The van der Waals surface area contributed by atoms with Crippen molar-refractivity contribution in [1.82, 2.24) is 4.57 Å². The zero-order chi connectivity index (χ0) is 20.1. The third-order valence-corrected chi connectivity index (χ3v) is 4.69. The van der Waals surface area contributed by atoms with Crippen molar-refractivity contribution in [3.63, 3.8) is 0 Å². The fourth-order valence-electron chi connectivity index (χ4n) is 3.56. The predicted molar refractivity (Wildman–Crippen MR) is 98.5 cm³/mol. The van der Waals surface area contributed by atoms with Crippen molar-refractivity contribution in [3.05, 3.63) is 83.2 Å². The van der Waals surface area contributed by atoms with Crippen molar-refractivity contribution in [1.29, 1.82) is 0 Å². The molecule has 1 amide bonds. The molecule has 28 heavy (non-hydrogen) atoms. The molecular formula is C21H14F4N2O. The topological polar surface area (TPSA) is 48.0 Å². The zero-order valence-electron chi connectivity index (χ0n) is 14.4. The molecule has 0 aliphatic heterocycles. The number of carbonyl (C=O) groups is 1. The minimum Gasteiger partial charge on any atom is -0.366 e. The van der Waals surface area contributed by atoms with Crippen LogP contribution in [0.4, 0.5) is 17.6 Å². The number of amides is 1. The van der Waals surface area contributed by atoms with Gasteiger partial charge < -0.3 is 10.3 Å². The van der Waals surface area contributed by atoms with Crippen LogP contribution in [-0.2, 0) is 12.7 Å². The largest absolute Gasteiger partial charge is 0.416 e. The van der Waals surface area contributed by atoms with Gasteiger partial charge in [0.15, 0.2) is 0 Å². The number of rotatable bonds is 3. The van der Waals surface area contributed by atoms with Gasteiger partial charge in [-0.05, 0) is 42.0 Å². The molecular weight excluding hydrogens is 372 g/mol. The molecule has 0 saturated carbocycles. The van der Waals surface area contributed by atoms with Crippen LogP contribution in [0.25, 0.3) is 21.8 Å². The van der Waals surface area contributed by atoms with Crippen molar-refractivity contribution >= 4 is 27.7 Å². The molecule has 0 aliphatic carbocycles. The highest BCUT2D eigenvalue weighted by Crippen LogP contribution is 2.34. The third kappa shape index (κ3) is 2.98. The Hall–Kier alpha value is -3.35. The van der Waals surface area contributed by atoms with Crippen LogP contribution in [0.1, 0.15) is 21.5 Å². The molecule has 3 aromatic carbocycles. The first-order chi connectivity index (χ1) is 13.3. The second kappa shape index (κ2) is 6.37. The minimum atomic E-state index is -4.64. The Labute approximate surface area is 157 Å². The van der Waals surface area contributed by atoms with Crippen molar-refractivity contribution in [2.75, 3.05) is 0 Å². The maximum Gasteiger partial charge on any atom is 0.416 e. The van der Waals surface area contributed by atoms with E-state index in [0.29, 0.717) is 28.0 Å². The van der Waals surface area contributed by atoms with Crippen LogP contribution >= 0.6 is 0 Å². The number of carbonyl (C=O) groups excluding carboxylic acids is 1. The Morgan fingerprint density at radius 1 is 0.964 bits per heavy atom. The van der Waals surface area contributed by atoms with Gasteiger partial charge in [0.05, 0.1) is 11.1 Å². The first kappa shape index (κ1) is 18.0. The third-order valence-electron chi connectivity index (χ3n) is 4.69. The zero-order valence-corrected chi connectivity index (χ0v) is 14.4. The van der Waals surface area contributed by atoms with E-state index in [0.717, 1.165) is 17.5 Å². The Bertz CT molecular complexity index is 1220. The van der Waals surface area contributed by atoms with Gasteiger partial charge in [-0.2, -0.15) is 13.2 Å². The number of nitrogens with two attached hydrogens (primary N) is 1. The van der Waals surface area contributed by atoms with Gasteiger partial charge >= 0.3 is 6.18 Å². The monoisotopic (exact) mass is 386 g/mol. The Morgan fingerprint density at radius 3 is 2.39 bits per heavy atom. The molecule has 0 radical (unpaired) electrons. The quantitative estimate of drug-likeness (QED) is 0.490. The average Bonchev–Trinajstić information content (AvgIpc) is 2.95. The summed E-state index contributed by atoms with van der Waals surface area (Å²) in [4.78, 5) is 11.9. The molecule has 4 aromatic rings. The molecule has 0 fully saturated rings. The van der Waals surface area contributed by atoms with Crippen LogP contribution in [0.3, 0.4) is 0 Å². The van der Waals surface area contributed by atoms with E-state index in [1.807, 2.05) is 6.07 Å². The highest BCUT2D eigenvalue weighted by Gasteiger charge is 2.31. The fourth-order valence-corrected chi connectivity index (χ4v) is 3.56. The standard InChI is InChI=1S/C21H14F4N2O/c22-14-9-12(8-13(10-14)21(23,24)25)11-27-17-6-2-1-4-15(17)19-16(20(26)28)5-3-7-18(19)27/h1-10H,11H2,(H2,26,28). The smallest absolute Gasteiger partial charge is 0.366 e. The maximum atomic E-state index is 13.8. The lowest BCUT2D eigenvalue weighted by Gasteiger charge is -2.12. The van der Waals surface area contributed by atoms with Gasteiger partial charge in [0.1, 0.15) is 5.82 Å². The van der Waals surface area contributed by atoms with E-state index in [4.69, 9.17) is 5.73 Å². The van der Waals surface area contributed by atoms with Crippen LogP contribution in [0.5, 0.6) is 0 Å². The molecule has 1 heterocycles. The first-order valence-electron chi connectivity index (χ1n) is 8.42. The Kier molecular flexibility index (Phi) is 4.10. The van der Waals surface area contributed by atoms with Gasteiger partial charge in [-0.1, -0.05) is 24.3 Å². The lowest BCUT2D eigenvalue weighted by atomic mass is 10.1. The van der Waals surface area contributed by atoms with Crippen LogP contribution < -0.4 is 5.73 Å². The van der Waals surface area contributed by atoms with Gasteiger partial charge in [-0.25, -0.2) is 4.39 Å². The van der Waals surface area contributed by atoms with Crippen LogP contribution in [0.2, 0.25) is 0 Å². The van der Waals surface area contributed by atoms with Crippen molar-refractivity contribution in [3.8, 4) is 0 Å². The molecule has 2 N–H and O–H groups in total. The minimum absolute atomic E-state index is 0.00701. The van der Waals surface area contributed by atoms with Crippen molar-refractivity contribution in [2.45, 2.75) is 12.7 Å². The molecule has 0 atom stereocenters. The van der Waals surface area contributed by atoms with E-state index in [1.54, 1.807) is 41.0 Å². The Balaban J connectivity index is 1.96. The second-order valence-electron chi connectivity index (χ2n) is 6.51. The number of hydrogen-bond acceptors (Lipinski definition) is 1. The SMILES string of the molecule is NC(=O)c1cccc2c1c1ccccc1n2Cc1cc(F)cc(C(F)(F)F)c1. The van der Waals surface area contributed by atoms with Gasteiger partial charge in [-0.3, -0.25) is 4.79 Å². The molecule has 0 aliphatic rings. The summed E-state index contributed by atoms with van der Waals surface area (Å²) >= 11 is 0. The number of aromatic nitrogens is 1. The number of alkyl halides is 3. The molecule has 3 nitrogen and oxygen atoms in total. The molecule has 0 saturated heterocycles. The molecule has 0 unspecified atom stereocenters. The van der Waals surface area contributed by atoms with Crippen LogP contribution in [-0.4, -0.2) is 10.5 Å². The summed E-state index contributed by atoms with van der Waals surface area (Å²) < 4.78 is 54.7. The lowest BCUT2D eigenvalue weighted by molar-refractivity contribution is -0.137. The van der Waals surface area contributed by atoms with Gasteiger partial charge in [-0.15, -0.1) is 0 Å². The number of primary amides is 1. The fraction of sp³-hybridized carbons (Fsp3) is 0.0952. The van der Waals surface area contributed by atoms with Crippen molar-refractivity contribution < 1.29 is 22.4 Å². The number of halogens is 4. The number of para-hydroxylation sites is 1. The summed E-state index contributed by atoms with van der Waals surface area (Å²) in [7, 11) is 0. The summed E-state index contributed by atoms with van der Waals surface area (Å²) in [5.74, 6) is -1.55. The highest BCUT2D eigenvalue weighted by molar-refractivity contribution is 6.17. The maximum absolute atomic E-state index is 13.8. The number of nitrogens with zero attached hydrogens (tertiary/aromatic N) is 1. The predicted octanol–water partition coefficient (Wildman–Crippen LogP) is 5.10. The lowest BCUT2D eigenvalue weighted by Crippen LogP contribution is -2.11. The summed E-state index contributed by atoms with van der Waals surface area (Å²) in [6.45, 7) is 0.00701.